The van der Waals surface area contributed by atoms with E-state index in [1.54, 1.807) is 11.0 Å². The fourth-order valence-electron chi connectivity index (χ4n) is 6.20. The predicted molar refractivity (Wildman–Crippen MR) is 152 cm³/mol. The van der Waals surface area contributed by atoms with Crippen LogP contribution in [0.4, 0.5) is 10.1 Å². The number of carbonyl (C=O) groups is 1. The molecule has 0 bridgehead atoms. The Labute approximate surface area is 237 Å². The molecule has 10 nitrogen and oxygen atoms in total. The molecule has 2 aliphatic rings. The second-order valence-electron chi connectivity index (χ2n) is 10.7. The molecule has 1 amide bonds. The van der Waals surface area contributed by atoms with E-state index in [-0.39, 0.29) is 18.4 Å². The summed E-state index contributed by atoms with van der Waals surface area (Å²) < 4.78 is 53.9. The summed E-state index contributed by atoms with van der Waals surface area (Å²) in [5, 5.41) is 4.08. The molecule has 0 N–H and O–H groups in total. The molecule has 2 fully saturated rings. The number of aromatic nitrogens is 3. The third-order valence-electron chi connectivity index (χ3n) is 7.95. The van der Waals surface area contributed by atoms with E-state index in [4.69, 9.17) is 14.2 Å². The molecule has 0 unspecified atom stereocenters. The number of carbonyl (C=O) groups excluding carboxylic acids is 1. The Morgan fingerprint density at radius 2 is 1.95 bits per heavy atom. The summed E-state index contributed by atoms with van der Waals surface area (Å²) in [6.45, 7) is 6.62. The van der Waals surface area contributed by atoms with Crippen LogP contribution in [0.2, 0.25) is 0 Å². The molecule has 0 aliphatic carbocycles. The minimum atomic E-state index is -3.37. The van der Waals surface area contributed by atoms with Gasteiger partial charge in [0.25, 0.3) is 0 Å². The summed E-state index contributed by atoms with van der Waals surface area (Å²) in [4.78, 5) is 19.9. The third-order valence-corrected chi connectivity index (χ3v) is 9.22. The van der Waals surface area contributed by atoms with Gasteiger partial charge in [-0.1, -0.05) is 11.2 Å². The van der Waals surface area contributed by atoms with Crippen molar-refractivity contribution < 1.29 is 26.9 Å². The van der Waals surface area contributed by atoms with Crippen molar-refractivity contribution in [1.82, 2.24) is 19.0 Å². The highest BCUT2D eigenvalue weighted by molar-refractivity contribution is 7.88. The third kappa shape index (κ3) is 4.88. The first-order chi connectivity index (χ1) is 19.5. The van der Waals surface area contributed by atoms with E-state index in [9.17, 15) is 17.6 Å². The maximum atomic E-state index is 14.6. The number of imidazole rings is 1. The molecule has 216 valence electrons. The summed E-state index contributed by atoms with van der Waals surface area (Å²) in [5.74, 6) is 1.05. The number of anilines is 1. The highest BCUT2D eigenvalue weighted by atomic mass is 32.2. The van der Waals surface area contributed by atoms with Crippen LogP contribution in [0.15, 0.2) is 40.9 Å². The highest BCUT2D eigenvalue weighted by Crippen LogP contribution is 2.42. The summed E-state index contributed by atoms with van der Waals surface area (Å²) in [6, 6.07) is 9.59. The molecule has 6 rings (SSSR count). The van der Waals surface area contributed by atoms with Gasteiger partial charge in [0.15, 0.2) is 0 Å². The fourth-order valence-corrected chi connectivity index (χ4v) is 7.08. The molecule has 2 aromatic carbocycles. The van der Waals surface area contributed by atoms with Crippen LogP contribution in [-0.2, 0) is 14.8 Å². The molecule has 2 saturated heterocycles. The quantitative estimate of drug-likeness (QED) is 0.305. The molecule has 41 heavy (non-hydrogen) atoms. The van der Waals surface area contributed by atoms with E-state index >= 15 is 0 Å². The van der Waals surface area contributed by atoms with E-state index in [0.717, 1.165) is 22.3 Å². The molecule has 2 aliphatic heterocycles. The van der Waals surface area contributed by atoms with E-state index in [1.807, 2.05) is 39.0 Å². The number of fused-ring (bicyclic) bond motifs is 1. The second-order valence-corrected chi connectivity index (χ2v) is 12.7. The lowest BCUT2D eigenvalue weighted by atomic mass is 10.0. The molecule has 4 heterocycles. The zero-order chi connectivity index (χ0) is 29.1. The van der Waals surface area contributed by atoms with Gasteiger partial charge in [0.05, 0.1) is 47.4 Å². The van der Waals surface area contributed by atoms with Gasteiger partial charge in [0.2, 0.25) is 15.9 Å². The van der Waals surface area contributed by atoms with Crippen molar-refractivity contribution in [2.24, 2.45) is 0 Å². The minimum absolute atomic E-state index is 0.137. The van der Waals surface area contributed by atoms with Crippen molar-refractivity contribution in [3.63, 3.8) is 0 Å². The maximum absolute atomic E-state index is 14.6. The van der Waals surface area contributed by atoms with Crippen molar-refractivity contribution in [3.8, 4) is 16.9 Å². The highest BCUT2D eigenvalue weighted by Gasteiger charge is 2.40. The zero-order valence-electron chi connectivity index (χ0n) is 23.4. The van der Waals surface area contributed by atoms with E-state index in [0.29, 0.717) is 61.1 Å². The number of rotatable bonds is 7. The Kier molecular flexibility index (Phi) is 6.85. The van der Waals surface area contributed by atoms with Crippen LogP contribution >= 0.6 is 0 Å². The average Bonchev–Trinajstić information content (AvgIpc) is 3.68. The summed E-state index contributed by atoms with van der Waals surface area (Å²) in [6.07, 6.45) is 2.59. The smallest absolute Gasteiger partial charge is 0.227 e. The van der Waals surface area contributed by atoms with Gasteiger partial charge < -0.3 is 18.7 Å². The van der Waals surface area contributed by atoms with E-state index in [1.165, 1.54) is 22.7 Å². The first-order valence-electron chi connectivity index (χ1n) is 13.7. The van der Waals surface area contributed by atoms with Crippen molar-refractivity contribution >= 4 is 32.7 Å². The van der Waals surface area contributed by atoms with Gasteiger partial charge in [-0.2, -0.15) is 0 Å². The second kappa shape index (κ2) is 10.3. The van der Waals surface area contributed by atoms with Gasteiger partial charge in [0, 0.05) is 37.2 Å². The normalized spacial score (nSPS) is 20.0. The lowest BCUT2D eigenvalue weighted by Crippen LogP contribution is -2.31. The van der Waals surface area contributed by atoms with Crippen LogP contribution in [-0.4, -0.2) is 59.3 Å². The molecule has 0 radical (unpaired) electrons. The fraction of sp³-hybridized carbons (Fsp3) is 0.414. The van der Waals surface area contributed by atoms with Crippen LogP contribution < -0.4 is 9.64 Å². The first-order valence-corrected chi connectivity index (χ1v) is 15.6. The molecular weight excluding hydrogens is 549 g/mol. The van der Waals surface area contributed by atoms with Gasteiger partial charge >= 0.3 is 0 Å². The Bertz CT molecular complexity index is 1750. The largest absolute Gasteiger partial charge is 0.494 e. The van der Waals surface area contributed by atoms with Crippen molar-refractivity contribution in [3.05, 3.63) is 59.5 Å². The van der Waals surface area contributed by atoms with Crippen LogP contribution in [0.5, 0.6) is 5.75 Å². The Morgan fingerprint density at radius 3 is 2.63 bits per heavy atom. The van der Waals surface area contributed by atoms with Crippen LogP contribution in [0.25, 0.3) is 22.2 Å². The minimum Gasteiger partial charge on any atom is -0.494 e. The number of benzene rings is 2. The number of sulfonamides is 1. The lowest BCUT2D eigenvalue weighted by molar-refractivity contribution is -0.117. The molecular formula is C29H32FN5O5S. The van der Waals surface area contributed by atoms with Gasteiger partial charge in [0.1, 0.15) is 23.2 Å². The Balaban J connectivity index is 1.50. The molecule has 12 heteroatoms. The first kappa shape index (κ1) is 27.4. The number of nitrogens with zero attached hydrogens (tertiary/aromatic N) is 5. The zero-order valence-corrected chi connectivity index (χ0v) is 24.2. The van der Waals surface area contributed by atoms with Crippen LogP contribution in [0.1, 0.15) is 55.5 Å². The lowest BCUT2D eigenvalue weighted by Gasteiger charge is -2.27. The number of amides is 1. The van der Waals surface area contributed by atoms with Crippen molar-refractivity contribution in [1.29, 1.82) is 0 Å². The Hall–Kier alpha value is -3.77. The number of aryl methyl sites for hydroxylation is 2. The summed E-state index contributed by atoms with van der Waals surface area (Å²) in [7, 11) is -3.37. The van der Waals surface area contributed by atoms with Gasteiger partial charge in [-0.15, -0.1) is 0 Å². The van der Waals surface area contributed by atoms with Gasteiger partial charge in [-0.3, -0.25) is 4.79 Å². The standard InChI is InChI=1S/C29H32FN5O5S/c1-5-39-23-14-20(30)13-22(15-23)34-26(8-9-27(34)36)29-31-24-12-19(28-17(2)32-40-18(28)3)6-7-25(24)35(29)21-10-11-33(16-21)41(4,37)38/h6-7,12-15,21,26H,5,8-11,16H2,1-4H3/t21-,26+/m1/s1. The van der Waals surface area contributed by atoms with E-state index < -0.39 is 21.9 Å². The topological polar surface area (TPSA) is 111 Å². The maximum Gasteiger partial charge on any atom is 0.227 e. The molecule has 0 saturated carbocycles. The number of halogens is 1. The molecule has 2 aromatic heterocycles. The van der Waals surface area contributed by atoms with Crippen LogP contribution in [0.3, 0.4) is 0 Å². The Morgan fingerprint density at radius 1 is 1.15 bits per heavy atom. The summed E-state index contributed by atoms with van der Waals surface area (Å²) in [5.41, 5.74) is 4.52. The molecule has 2 atom stereocenters. The number of hydrogen-bond acceptors (Lipinski definition) is 7. The van der Waals surface area contributed by atoms with E-state index in [2.05, 4.69) is 9.72 Å². The predicted octanol–water partition coefficient (Wildman–Crippen LogP) is 4.92. The monoisotopic (exact) mass is 581 g/mol. The number of hydrogen-bond donors (Lipinski definition) is 0. The SMILES string of the molecule is CCOc1cc(F)cc(N2C(=O)CC[C@H]2c2nc3cc(-c4c(C)noc4C)ccc3n2[C@@H]2CCN(S(C)(=O)=O)C2)c1. The number of ether oxygens (including phenoxy) is 1. The molecule has 4 aromatic rings. The van der Waals surface area contributed by atoms with Crippen LogP contribution in [0, 0.1) is 19.7 Å². The van der Waals surface area contributed by atoms with Crippen molar-refractivity contribution in [2.45, 2.75) is 52.1 Å². The molecule has 0 spiro atoms. The van der Waals surface area contributed by atoms with Gasteiger partial charge in [-0.05, 0) is 57.4 Å². The summed E-state index contributed by atoms with van der Waals surface area (Å²) >= 11 is 0. The van der Waals surface area contributed by atoms with Gasteiger partial charge in [-0.25, -0.2) is 22.1 Å². The van der Waals surface area contributed by atoms with Crippen molar-refractivity contribution in [2.75, 3.05) is 30.9 Å². The average molecular weight is 582 g/mol.